The number of carbonyl (C=O) groups excluding carboxylic acids is 2. The molecule has 0 atom stereocenters. The Morgan fingerprint density at radius 2 is 2.09 bits per heavy atom. The third-order valence-corrected chi connectivity index (χ3v) is 4.00. The summed E-state index contributed by atoms with van der Waals surface area (Å²) in [5.74, 6) is -0.792. The summed E-state index contributed by atoms with van der Waals surface area (Å²) in [6.45, 7) is 3.39. The van der Waals surface area contributed by atoms with Crippen LogP contribution < -0.4 is 0 Å². The molecule has 0 bridgehead atoms. The minimum absolute atomic E-state index is 0.114. The zero-order valence-corrected chi connectivity index (χ0v) is 12.8. The number of thiophene rings is 1. The number of hydrogen-bond donors (Lipinski definition) is 0. The highest BCUT2D eigenvalue weighted by Gasteiger charge is 2.18. The topological polar surface area (TPSA) is 86.5 Å². The van der Waals surface area contributed by atoms with E-state index in [9.17, 15) is 9.59 Å². The molecule has 0 aliphatic heterocycles. The average Bonchev–Trinajstić information content (AvgIpc) is 3.11. The number of esters is 1. The van der Waals surface area contributed by atoms with E-state index >= 15 is 0 Å². The molecule has 8 heteroatoms. The number of aryl methyl sites for hydroxylation is 2. The molecule has 0 saturated carbocycles. The van der Waals surface area contributed by atoms with Gasteiger partial charge >= 0.3 is 5.97 Å². The van der Waals surface area contributed by atoms with Crippen molar-refractivity contribution in [3.8, 4) is 0 Å². The second kappa shape index (κ2) is 5.64. The molecule has 3 aromatic rings. The van der Waals surface area contributed by atoms with Crippen molar-refractivity contribution in [3.05, 3.63) is 45.7 Å². The van der Waals surface area contributed by atoms with Crippen LogP contribution in [-0.2, 0) is 4.74 Å². The zero-order valence-electron chi connectivity index (χ0n) is 11.9. The van der Waals surface area contributed by atoms with Gasteiger partial charge in [-0.2, -0.15) is 4.98 Å². The summed E-state index contributed by atoms with van der Waals surface area (Å²) in [5, 5.41) is 4.03. The van der Waals surface area contributed by atoms with Gasteiger partial charge in [0.05, 0.1) is 4.88 Å². The molecule has 0 spiro atoms. The fourth-order valence-corrected chi connectivity index (χ4v) is 2.64. The molecule has 3 rings (SSSR count). The largest absolute Gasteiger partial charge is 0.451 e. The van der Waals surface area contributed by atoms with E-state index in [2.05, 4.69) is 15.1 Å². The Labute approximate surface area is 129 Å². The Kier molecular flexibility index (Phi) is 3.68. The minimum atomic E-state index is -0.744. The molecule has 112 valence electrons. The summed E-state index contributed by atoms with van der Waals surface area (Å²) in [5.41, 5.74) is 0.793. The van der Waals surface area contributed by atoms with Crippen LogP contribution in [-0.4, -0.2) is 37.9 Å². The van der Waals surface area contributed by atoms with Gasteiger partial charge in [-0.15, -0.1) is 16.4 Å². The van der Waals surface area contributed by atoms with E-state index in [0.717, 1.165) is 10.6 Å². The maximum atomic E-state index is 11.9. The highest BCUT2D eigenvalue weighted by Crippen LogP contribution is 2.15. The molecular formula is C14H12N4O3S. The Bertz CT molecular complexity index is 868. The van der Waals surface area contributed by atoms with E-state index in [1.54, 1.807) is 18.3 Å². The first-order valence-corrected chi connectivity index (χ1v) is 7.31. The normalized spacial score (nSPS) is 10.8. The molecule has 22 heavy (non-hydrogen) atoms. The summed E-state index contributed by atoms with van der Waals surface area (Å²) in [6.07, 6.45) is 1.58. The zero-order chi connectivity index (χ0) is 15.7. The predicted octanol–water partition coefficient (Wildman–Crippen LogP) is 1.84. The molecule has 0 N–H and O–H groups in total. The minimum Gasteiger partial charge on any atom is -0.451 e. The van der Waals surface area contributed by atoms with Gasteiger partial charge in [0.15, 0.2) is 6.61 Å². The Morgan fingerprint density at radius 3 is 2.77 bits per heavy atom. The highest BCUT2D eigenvalue weighted by molar-refractivity contribution is 7.14. The lowest BCUT2D eigenvalue weighted by atomic mass is 10.3. The quantitative estimate of drug-likeness (QED) is 0.539. The van der Waals surface area contributed by atoms with Crippen molar-refractivity contribution < 1.29 is 14.3 Å². The molecule has 3 heterocycles. The SMILES string of the molecule is Cc1ccc(C(=O)COC(=O)c2nc3nccc(C)n3n2)s1. The first-order valence-electron chi connectivity index (χ1n) is 6.50. The standard InChI is InChI=1S/C14H12N4O3S/c1-8-5-6-15-14-16-12(17-18(8)14)13(20)21-7-10(19)11-4-3-9(2)22-11/h3-6H,7H2,1-2H3. The van der Waals surface area contributed by atoms with E-state index in [-0.39, 0.29) is 18.2 Å². The molecule has 0 aromatic carbocycles. The van der Waals surface area contributed by atoms with Crippen LogP contribution in [0.1, 0.15) is 30.9 Å². The van der Waals surface area contributed by atoms with Crippen LogP contribution in [0.2, 0.25) is 0 Å². The Hall–Kier alpha value is -2.61. The third kappa shape index (κ3) is 2.73. The molecule has 0 unspecified atom stereocenters. The average molecular weight is 316 g/mol. The van der Waals surface area contributed by atoms with E-state index in [4.69, 9.17) is 4.74 Å². The van der Waals surface area contributed by atoms with Crippen LogP contribution in [0.5, 0.6) is 0 Å². The van der Waals surface area contributed by atoms with Gasteiger partial charge in [0.2, 0.25) is 5.78 Å². The van der Waals surface area contributed by atoms with Crippen molar-refractivity contribution in [3.63, 3.8) is 0 Å². The fraction of sp³-hybridized carbons (Fsp3) is 0.214. The number of ether oxygens (including phenoxy) is 1. The van der Waals surface area contributed by atoms with Crippen molar-refractivity contribution in [1.82, 2.24) is 19.6 Å². The summed E-state index contributed by atoms with van der Waals surface area (Å²) in [6, 6.07) is 5.31. The van der Waals surface area contributed by atoms with E-state index in [0.29, 0.717) is 10.7 Å². The van der Waals surface area contributed by atoms with Gasteiger partial charge in [-0.25, -0.2) is 14.3 Å². The summed E-state index contributed by atoms with van der Waals surface area (Å²) < 4.78 is 6.42. The maximum absolute atomic E-state index is 11.9. The molecule has 0 aliphatic carbocycles. The van der Waals surface area contributed by atoms with Gasteiger partial charge in [-0.05, 0) is 32.0 Å². The van der Waals surface area contributed by atoms with Crippen molar-refractivity contribution in [1.29, 1.82) is 0 Å². The number of rotatable bonds is 4. The number of ketones is 1. The van der Waals surface area contributed by atoms with Crippen LogP contribution in [0.15, 0.2) is 24.4 Å². The van der Waals surface area contributed by atoms with E-state index in [1.807, 2.05) is 19.9 Å². The van der Waals surface area contributed by atoms with Gasteiger partial charge in [0.25, 0.3) is 11.6 Å². The van der Waals surface area contributed by atoms with Crippen LogP contribution in [0, 0.1) is 13.8 Å². The van der Waals surface area contributed by atoms with Gasteiger partial charge in [0, 0.05) is 16.8 Å². The highest BCUT2D eigenvalue weighted by atomic mass is 32.1. The van der Waals surface area contributed by atoms with Crippen molar-refractivity contribution >= 4 is 28.9 Å². The molecule has 0 fully saturated rings. The molecule has 0 aliphatic rings. The first kappa shape index (κ1) is 14.3. The molecule has 3 aromatic heterocycles. The maximum Gasteiger partial charge on any atom is 0.378 e. The lowest BCUT2D eigenvalue weighted by Gasteiger charge is -1.99. The van der Waals surface area contributed by atoms with Gasteiger partial charge in [-0.3, -0.25) is 4.79 Å². The molecule has 0 radical (unpaired) electrons. The lowest BCUT2D eigenvalue weighted by molar-refractivity contribution is 0.0464. The molecule has 0 amide bonds. The Balaban J connectivity index is 1.71. The van der Waals surface area contributed by atoms with Crippen molar-refractivity contribution in [2.45, 2.75) is 13.8 Å². The second-order valence-electron chi connectivity index (χ2n) is 4.64. The first-order chi connectivity index (χ1) is 10.5. The van der Waals surface area contributed by atoms with Crippen LogP contribution in [0.4, 0.5) is 0 Å². The van der Waals surface area contributed by atoms with E-state index in [1.165, 1.54) is 15.9 Å². The van der Waals surface area contributed by atoms with E-state index < -0.39 is 5.97 Å². The molecule has 0 saturated heterocycles. The third-order valence-electron chi connectivity index (χ3n) is 2.96. The Morgan fingerprint density at radius 1 is 1.27 bits per heavy atom. The van der Waals surface area contributed by atoms with Gasteiger partial charge in [-0.1, -0.05) is 0 Å². The van der Waals surface area contributed by atoms with Crippen LogP contribution in [0.25, 0.3) is 5.78 Å². The monoisotopic (exact) mass is 316 g/mol. The molecule has 7 nitrogen and oxygen atoms in total. The summed E-state index contributed by atoms with van der Waals surface area (Å²) in [4.78, 5) is 33.4. The van der Waals surface area contributed by atoms with Crippen LogP contribution >= 0.6 is 11.3 Å². The molecular weight excluding hydrogens is 304 g/mol. The smallest absolute Gasteiger partial charge is 0.378 e. The number of nitrogens with zero attached hydrogens (tertiary/aromatic N) is 4. The number of hydrogen-bond acceptors (Lipinski definition) is 7. The predicted molar refractivity (Wildman–Crippen MR) is 79.2 cm³/mol. The number of aromatic nitrogens is 4. The number of fused-ring (bicyclic) bond motifs is 1. The van der Waals surface area contributed by atoms with Crippen LogP contribution in [0.3, 0.4) is 0 Å². The van der Waals surface area contributed by atoms with Crippen molar-refractivity contribution in [2.24, 2.45) is 0 Å². The van der Waals surface area contributed by atoms with Crippen molar-refractivity contribution in [2.75, 3.05) is 6.61 Å². The summed E-state index contributed by atoms with van der Waals surface area (Å²) in [7, 11) is 0. The summed E-state index contributed by atoms with van der Waals surface area (Å²) >= 11 is 1.36. The second-order valence-corrected chi connectivity index (χ2v) is 5.93. The number of carbonyl (C=O) groups is 2. The van der Waals surface area contributed by atoms with Gasteiger partial charge in [0.1, 0.15) is 0 Å². The lowest BCUT2D eigenvalue weighted by Crippen LogP contribution is -2.14. The van der Waals surface area contributed by atoms with Gasteiger partial charge < -0.3 is 4.74 Å². The number of Topliss-reactive ketones (excluding diaryl/α,β-unsaturated/α-hetero) is 1. The fourth-order valence-electron chi connectivity index (χ4n) is 1.84.